The molecule has 5 rings (SSSR count). The summed E-state index contributed by atoms with van der Waals surface area (Å²) >= 11 is 0. The van der Waals surface area contributed by atoms with Gasteiger partial charge < -0.3 is 9.05 Å². The molecule has 0 aliphatic heterocycles. The maximum absolute atomic E-state index is 12.9. The average Bonchev–Trinajstić information content (AvgIpc) is 3.30. The monoisotopic (exact) mass is 404 g/mol. The molecule has 30 heavy (non-hydrogen) atoms. The van der Waals surface area contributed by atoms with E-state index >= 15 is 0 Å². The van der Waals surface area contributed by atoms with Crippen molar-refractivity contribution < 1.29 is 18.6 Å². The molecule has 6 nitrogen and oxygen atoms in total. The number of rotatable bonds is 4. The van der Waals surface area contributed by atoms with Crippen LogP contribution in [0.2, 0.25) is 0 Å². The standard InChI is InChI=1S/C24H24N2O4/c1-24(2)12-19(28)22-16(25-30-21(22)13-24)8-9-20-23-17(26-29-20)10-15(11-18(23)27)14-6-4-3-5-7-14/h3-7,15H,8-13H2,1-2H3. The number of ketones is 2. The molecule has 154 valence electrons. The van der Waals surface area contributed by atoms with Crippen molar-refractivity contribution in [2.45, 2.75) is 58.3 Å². The molecule has 2 aliphatic rings. The summed E-state index contributed by atoms with van der Waals surface area (Å²) in [6.07, 6.45) is 3.31. The Morgan fingerprint density at radius 1 is 0.933 bits per heavy atom. The number of carbonyl (C=O) groups is 2. The summed E-state index contributed by atoms with van der Waals surface area (Å²) in [5, 5.41) is 8.35. The SMILES string of the molecule is CC1(C)CC(=O)c2c(CCc3onc4c3C(=O)CC(c3ccccc3)C4)noc2C1. The predicted octanol–water partition coefficient (Wildman–Crippen LogP) is 4.52. The molecule has 2 heterocycles. The van der Waals surface area contributed by atoms with Crippen LogP contribution >= 0.6 is 0 Å². The molecule has 1 unspecified atom stereocenters. The van der Waals surface area contributed by atoms with Gasteiger partial charge >= 0.3 is 0 Å². The molecule has 2 aromatic heterocycles. The first kappa shape index (κ1) is 19.0. The van der Waals surface area contributed by atoms with Crippen LogP contribution in [0.1, 0.15) is 81.8 Å². The highest BCUT2D eigenvalue weighted by molar-refractivity contribution is 6.00. The number of hydrogen-bond acceptors (Lipinski definition) is 6. The molecular formula is C24H24N2O4. The second-order valence-electron chi connectivity index (χ2n) is 9.23. The lowest BCUT2D eigenvalue weighted by molar-refractivity contribution is 0.0900. The Kier molecular flexibility index (Phi) is 4.45. The van der Waals surface area contributed by atoms with Crippen LogP contribution in [0.5, 0.6) is 0 Å². The summed E-state index contributed by atoms with van der Waals surface area (Å²) in [6.45, 7) is 4.12. The van der Waals surface area contributed by atoms with Gasteiger partial charge in [-0.1, -0.05) is 54.5 Å². The first-order valence-corrected chi connectivity index (χ1v) is 10.5. The van der Waals surface area contributed by atoms with E-state index in [9.17, 15) is 9.59 Å². The van der Waals surface area contributed by atoms with Gasteiger partial charge in [-0.3, -0.25) is 9.59 Å². The topological polar surface area (TPSA) is 86.2 Å². The number of aryl methyl sites for hydroxylation is 2. The zero-order valence-electron chi connectivity index (χ0n) is 17.2. The van der Waals surface area contributed by atoms with Gasteiger partial charge in [0.25, 0.3) is 0 Å². The van der Waals surface area contributed by atoms with E-state index in [0.717, 1.165) is 11.3 Å². The molecule has 0 N–H and O–H groups in total. The molecule has 0 bridgehead atoms. The molecule has 3 aromatic rings. The third kappa shape index (κ3) is 3.30. The van der Waals surface area contributed by atoms with Crippen LogP contribution in [0.15, 0.2) is 39.4 Å². The van der Waals surface area contributed by atoms with E-state index in [-0.39, 0.29) is 22.9 Å². The van der Waals surface area contributed by atoms with Crippen LogP contribution in [0, 0.1) is 5.41 Å². The molecule has 0 amide bonds. The van der Waals surface area contributed by atoms with Crippen molar-refractivity contribution in [3.05, 3.63) is 69.9 Å². The van der Waals surface area contributed by atoms with Gasteiger partial charge in [-0.05, 0) is 16.9 Å². The van der Waals surface area contributed by atoms with Crippen molar-refractivity contribution in [3.63, 3.8) is 0 Å². The highest BCUT2D eigenvalue weighted by Gasteiger charge is 2.37. The third-order valence-electron chi connectivity index (χ3n) is 6.23. The minimum atomic E-state index is -0.105. The number of fused-ring (bicyclic) bond motifs is 2. The maximum Gasteiger partial charge on any atom is 0.168 e. The van der Waals surface area contributed by atoms with E-state index in [1.807, 2.05) is 18.2 Å². The average molecular weight is 404 g/mol. The van der Waals surface area contributed by atoms with E-state index in [2.05, 4.69) is 36.3 Å². The number of benzene rings is 1. The number of nitrogens with zero attached hydrogens (tertiary/aromatic N) is 2. The third-order valence-corrected chi connectivity index (χ3v) is 6.23. The summed E-state index contributed by atoms with van der Waals surface area (Å²) in [5.41, 5.74) is 3.67. The Balaban J connectivity index is 1.35. The van der Waals surface area contributed by atoms with Crippen molar-refractivity contribution in [3.8, 4) is 0 Å². The van der Waals surface area contributed by atoms with Gasteiger partial charge in [0.15, 0.2) is 11.6 Å². The number of hydrogen-bond donors (Lipinski definition) is 0. The van der Waals surface area contributed by atoms with E-state index in [4.69, 9.17) is 9.05 Å². The number of aromatic nitrogens is 2. The molecule has 0 spiro atoms. The van der Waals surface area contributed by atoms with Crippen LogP contribution in [0.4, 0.5) is 0 Å². The summed E-state index contributed by atoms with van der Waals surface area (Å²) in [7, 11) is 0. The molecule has 0 saturated heterocycles. The molecule has 2 aliphatic carbocycles. The smallest absolute Gasteiger partial charge is 0.168 e. The molecule has 0 radical (unpaired) electrons. The molecular weight excluding hydrogens is 380 g/mol. The largest absolute Gasteiger partial charge is 0.360 e. The van der Waals surface area contributed by atoms with E-state index < -0.39 is 0 Å². The highest BCUT2D eigenvalue weighted by Crippen LogP contribution is 2.37. The molecule has 6 heteroatoms. The van der Waals surface area contributed by atoms with Crippen molar-refractivity contribution in [1.82, 2.24) is 10.3 Å². The van der Waals surface area contributed by atoms with Gasteiger partial charge in [0.05, 0.1) is 22.5 Å². The van der Waals surface area contributed by atoms with Gasteiger partial charge in [-0.2, -0.15) is 0 Å². The summed E-state index contributed by atoms with van der Waals surface area (Å²) in [6, 6.07) is 10.1. The normalized spacial score (nSPS) is 20.1. The van der Waals surface area contributed by atoms with Crippen LogP contribution in [-0.2, 0) is 25.7 Å². The van der Waals surface area contributed by atoms with Crippen molar-refractivity contribution in [1.29, 1.82) is 0 Å². The highest BCUT2D eigenvalue weighted by atomic mass is 16.5. The quantitative estimate of drug-likeness (QED) is 0.636. The Morgan fingerprint density at radius 2 is 1.73 bits per heavy atom. The fraction of sp³-hybridized carbons (Fsp3) is 0.417. The second kappa shape index (κ2) is 7.04. The summed E-state index contributed by atoms with van der Waals surface area (Å²) < 4.78 is 11.0. The van der Waals surface area contributed by atoms with E-state index in [1.165, 1.54) is 0 Å². The van der Waals surface area contributed by atoms with Crippen LogP contribution in [-0.4, -0.2) is 21.9 Å². The minimum absolute atomic E-state index is 0.0707. The number of Topliss-reactive ketones (excluding diaryl/α,β-unsaturated/α-hetero) is 2. The van der Waals surface area contributed by atoms with Crippen LogP contribution in [0.3, 0.4) is 0 Å². The Hall–Kier alpha value is -3.02. The lowest BCUT2D eigenvalue weighted by Gasteiger charge is -2.26. The van der Waals surface area contributed by atoms with Crippen molar-refractivity contribution >= 4 is 11.6 Å². The predicted molar refractivity (Wildman–Crippen MR) is 109 cm³/mol. The molecule has 1 aromatic carbocycles. The molecule has 0 saturated carbocycles. The molecule has 0 fully saturated rings. The fourth-order valence-corrected chi connectivity index (χ4v) is 4.80. The zero-order chi connectivity index (χ0) is 20.9. The van der Waals surface area contributed by atoms with Gasteiger partial charge in [-0.25, -0.2) is 0 Å². The van der Waals surface area contributed by atoms with Crippen molar-refractivity contribution in [2.75, 3.05) is 0 Å². The maximum atomic E-state index is 12.9. The fourth-order valence-electron chi connectivity index (χ4n) is 4.80. The minimum Gasteiger partial charge on any atom is -0.360 e. The Morgan fingerprint density at radius 3 is 2.53 bits per heavy atom. The lowest BCUT2D eigenvalue weighted by Crippen LogP contribution is -2.26. The zero-order valence-corrected chi connectivity index (χ0v) is 17.2. The molecule has 1 atom stereocenters. The van der Waals surface area contributed by atoms with E-state index in [0.29, 0.717) is 66.9 Å². The van der Waals surface area contributed by atoms with Gasteiger partial charge in [0.1, 0.15) is 11.5 Å². The lowest BCUT2D eigenvalue weighted by atomic mass is 9.76. The first-order chi connectivity index (χ1) is 14.4. The van der Waals surface area contributed by atoms with Gasteiger partial charge in [0, 0.05) is 38.5 Å². The second-order valence-corrected chi connectivity index (χ2v) is 9.23. The van der Waals surface area contributed by atoms with Crippen molar-refractivity contribution in [2.24, 2.45) is 5.41 Å². The summed E-state index contributed by atoms with van der Waals surface area (Å²) in [4.78, 5) is 25.5. The summed E-state index contributed by atoms with van der Waals surface area (Å²) in [5.74, 6) is 1.54. The van der Waals surface area contributed by atoms with E-state index in [1.54, 1.807) is 0 Å². The Bertz CT molecular complexity index is 1120. The van der Waals surface area contributed by atoms with Crippen LogP contribution < -0.4 is 0 Å². The van der Waals surface area contributed by atoms with Crippen LogP contribution in [0.25, 0.3) is 0 Å². The number of carbonyl (C=O) groups excluding carboxylic acids is 2. The van der Waals surface area contributed by atoms with Gasteiger partial charge in [-0.15, -0.1) is 0 Å². The first-order valence-electron chi connectivity index (χ1n) is 10.5. The van der Waals surface area contributed by atoms with Gasteiger partial charge in [0.2, 0.25) is 0 Å². The Labute approximate surface area is 174 Å².